The Kier molecular flexibility index (Phi) is 5.60. The van der Waals surface area contributed by atoms with Crippen LogP contribution in [0.3, 0.4) is 0 Å². The van der Waals surface area contributed by atoms with Gasteiger partial charge >= 0.3 is 5.97 Å². The van der Waals surface area contributed by atoms with Crippen molar-refractivity contribution in [3.05, 3.63) is 69.8 Å². The fourth-order valence-electron chi connectivity index (χ4n) is 3.26. The summed E-state index contributed by atoms with van der Waals surface area (Å²) in [6.45, 7) is 2.15. The molecule has 0 fully saturated rings. The maximum Gasteiger partial charge on any atom is 0.307 e. The molecule has 0 aliphatic heterocycles. The molecule has 0 radical (unpaired) electrons. The lowest BCUT2D eigenvalue weighted by atomic mass is 10.0. The molecule has 0 spiro atoms. The largest absolute Gasteiger partial charge is 0.481 e. The molecule has 146 valence electrons. The molecule has 0 saturated carbocycles. The van der Waals surface area contributed by atoms with Crippen molar-refractivity contribution in [2.45, 2.75) is 19.8 Å². The molecule has 0 bridgehead atoms. The first-order valence-corrected chi connectivity index (χ1v) is 10.8. The standard InChI is InChI=1S/C22H18BrN3O2S/c1-2-17-19(14-5-7-15(23)8-6-14)20-21(24-12-25-22(20)29-17)26-16-9-3-13(4-10-16)11-18(27)28/h3-10,12H,2,11H2,1H3,(H,27,28)(H,24,25,26). The van der Waals surface area contributed by atoms with Crippen molar-refractivity contribution >= 4 is 55.0 Å². The van der Waals surface area contributed by atoms with E-state index in [4.69, 9.17) is 5.11 Å². The number of rotatable bonds is 6. The Balaban J connectivity index is 1.78. The molecule has 4 aromatic rings. The lowest BCUT2D eigenvalue weighted by Crippen LogP contribution is -2.00. The molecule has 0 atom stereocenters. The Morgan fingerprint density at radius 1 is 1.10 bits per heavy atom. The number of carboxylic acids is 1. The quantitative estimate of drug-likeness (QED) is 0.360. The van der Waals surface area contributed by atoms with Crippen LogP contribution < -0.4 is 5.32 Å². The van der Waals surface area contributed by atoms with E-state index in [9.17, 15) is 4.79 Å². The van der Waals surface area contributed by atoms with E-state index in [2.05, 4.69) is 50.3 Å². The number of aromatic nitrogens is 2. The van der Waals surface area contributed by atoms with Crippen molar-refractivity contribution in [3.8, 4) is 11.1 Å². The molecule has 2 heterocycles. The Bertz CT molecular complexity index is 1170. The lowest BCUT2D eigenvalue weighted by Gasteiger charge is -2.10. The maximum atomic E-state index is 10.9. The predicted molar refractivity (Wildman–Crippen MR) is 121 cm³/mol. The number of carbonyl (C=O) groups is 1. The molecule has 0 aliphatic rings. The van der Waals surface area contributed by atoms with Crippen molar-refractivity contribution in [3.63, 3.8) is 0 Å². The third-order valence-electron chi connectivity index (χ3n) is 4.59. The molecule has 5 nitrogen and oxygen atoms in total. The summed E-state index contributed by atoms with van der Waals surface area (Å²) in [7, 11) is 0. The first-order chi connectivity index (χ1) is 14.0. The molecule has 2 N–H and O–H groups in total. The number of nitrogens with zero attached hydrogens (tertiary/aromatic N) is 2. The number of thiophene rings is 1. The molecule has 0 aliphatic carbocycles. The van der Waals surface area contributed by atoms with Crippen LogP contribution in [0.4, 0.5) is 11.5 Å². The molecular formula is C22H18BrN3O2S. The van der Waals surface area contributed by atoms with E-state index in [1.165, 1.54) is 4.88 Å². The molecule has 4 rings (SSSR count). The fourth-order valence-corrected chi connectivity index (χ4v) is 4.63. The summed E-state index contributed by atoms with van der Waals surface area (Å²) in [5, 5.41) is 13.3. The average Bonchev–Trinajstić information content (AvgIpc) is 3.09. The summed E-state index contributed by atoms with van der Waals surface area (Å²) in [5.74, 6) is -0.0948. The van der Waals surface area contributed by atoms with Crippen LogP contribution in [0.2, 0.25) is 0 Å². The third kappa shape index (κ3) is 4.16. The first kappa shape index (κ1) is 19.5. The van der Waals surface area contributed by atoms with Crippen molar-refractivity contribution in [1.82, 2.24) is 9.97 Å². The number of hydrogen-bond acceptors (Lipinski definition) is 5. The van der Waals surface area contributed by atoms with Gasteiger partial charge in [0.25, 0.3) is 0 Å². The number of aliphatic carboxylic acids is 1. The van der Waals surface area contributed by atoms with Gasteiger partial charge in [-0.3, -0.25) is 4.79 Å². The molecular weight excluding hydrogens is 450 g/mol. The summed E-state index contributed by atoms with van der Waals surface area (Å²) in [6.07, 6.45) is 2.50. The molecule has 0 amide bonds. The van der Waals surface area contributed by atoms with Gasteiger partial charge in [-0.05, 0) is 41.8 Å². The minimum Gasteiger partial charge on any atom is -0.481 e. The number of carboxylic acid groups (broad SMARTS) is 1. The van der Waals surface area contributed by atoms with E-state index in [1.807, 2.05) is 36.4 Å². The van der Waals surface area contributed by atoms with Crippen LogP contribution in [0.25, 0.3) is 21.3 Å². The average molecular weight is 468 g/mol. The summed E-state index contributed by atoms with van der Waals surface area (Å²) in [5.41, 5.74) is 3.90. The van der Waals surface area contributed by atoms with Crippen LogP contribution in [-0.4, -0.2) is 21.0 Å². The molecule has 2 aromatic carbocycles. The van der Waals surface area contributed by atoms with Gasteiger partial charge in [0.1, 0.15) is 17.0 Å². The highest BCUT2D eigenvalue weighted by Gasteiger charge is 2.18. The minimum absolute atomic E-state index is 0.0101. The van der Waals surface area contributed by atoms with Gasteiger partial charge in [-0.15, -0.1) is 11.3 Å². The van der Waals surface area contributed by atoms with Gasteiger partial charge in [-0.25, -0.2) is 9.97 Å². The SMILES string of the molecule is CCc1sc2ncnc(Nc3ccc(CC(=O)O)cc3)c2c1-c1ccc(Br)cc1. The van der Waals surface area contributed by atoms with Crippen LogP contribution in [0.15, 0.2) is 59.3 Å². The molecule has 29 heavy (non-hydrogen) atoms. The number of benzene rings is 2. The Hall–Kier alpha value is -2.77. The smallest absolute Gasteiger partial charge is 0.307 e. The van der Waals surface area contributed by atoms with Crippen LogP contribution in [-0.2, 0) is 17.6 Å². The van der Waals surface area contributed by atoms with Gasteiger partial charge in [0.05, 0.1) is 11.8 Å². The van der Waals surface area contributed by atoms with Gasteiger partial charge in [-0.2, -0.15) is 0 Å². The van der Waals surface area contributed by atoms with Gasteiger partial charge in [0.2, 0.25) is 0 Å². The zero-order chi connectivity index (χ0) is 20.4. The second kappa shape index (κ2) is 8.31. The van der Waals surface area contributed by atoms with Crippen LogP contribution >= 0.6 is 27.3 Å². The van der Waals surface area contributed by atoms with E-state index >= 15 is 0 Å². The number of fused-ring (bicyclic) bond motifs is 1. The van der Waals surface area contributed by atoms with Crippen LogP contribution in [0.5, 0.6) is 0 Å². The Labute approximate surface area is 180 Å². The zero-order valence-corrected chi connectivity index (χ0v) is 18.0. The van der Waals surface area contributed by atoms with Crippen molar-refractivity contribution in [2.24, 2.45) is 0 Å². The first-order valence-electron chi connectivity index (χ1n) is 9.15. The molecule has 7 heteroatoms. The number of hydrogen-bond donors (Lipinski definition) is 2. The zero-order valence-electron chi connectivity index (χ0n) is 15.6. The highest BCUT2D eigenvalue weighted by atomic mass is 79.9. The summed E-state index contributed by atoms with van der Waals surface area (Å²) in [6, 6.07) is 15.7. The third-order valence-corrected chi connectivity index (χ3v) is 6.36. The maximum absolute atomic E-state index is 10.9. The fraction of sp³-hybridized carbons (Fsp3) is 0.136. The summed E-state index contributed by atoms with van der Waals surface area (Å²) >= 11 is 5.19. The summed E-state index contributed by atoms with van der Waals surface area (Å²) < 4.78 is 1.04. The van der Waals surface area contributed by atoms with E-state index < -0.39 is 5.97 Å². The number of aryl methyl sites for hydroxylation is 1. The minimum atomic E-state index is -0.840. The van der Waals surface area contributed by atoms with E-state index in [1.54, 1.807) is 17.7 Å². The second-order valence-corrected chi connectivity index (χ2v) is 8.55. The summed E-state index contributed by atoms with van der Waals surface area (Å²) in [4.78, 5) is 22.1. The van der Waals surface area contributed by atoms with Crippen molar-refractivity contribution < 1.29 is 9.90 Å². The normalized spacial score (nSPS) is 11.0. The number of anilines is 2. The lowest BCUT2D eigenvalue weighted by molar-refractivity contribution is -0.136. The highest BCUT2D eigenvalue weighted by molar-refractivity contribution is 9.10. The van der Waals surface area contributed by atoms with Gasteiger partial charge in [0.15, 0.2) is 0 Å². The molecule has 2 aromatic heterocycles. The predicted octanol–water partition coefficient (Wildman–Crippen LogP) is 6.05. The molecule has 0 saturated heterocycles. The van der Waals surface area contributed by atoms with Gasteiger partial charge in [0, 0.05) is 20.6 Å². The topological polar surface area (TPSA) is 75.1 Å². The van der Waals surface area contributed by atoms with E-state index in [0.29, 0.717) is 0 Å². The Morgan fingerprint density at radius 3 is 2.48 bits per heavy atom. The number of nitrogens with one attached hydrogen (secondary N) is 1. The Morgan fingerprint density at radius 2 is 1.83 bits per heavy atom. The second-order valence-electron chi connectivity index (χ2n) is 6.56. The number of halogens is 1. The van der Waals surface area contributed by atoms with Crippen molar-refractivity contribution in [1.29, 1.82) is 0 Å². The molecule has 0 unspecified atom stereocenters. The monoisotopic (exact) mass is 467 g/mol. The van der Waals surface area contributed by atoms with E-state index in [-0.39, 0.29) is 6.42 Å². The van der Waals surface area contributed by atoms with Crippen LogP contribution in [0.1, 0.15) is 17.4 Å². The van der Waals surface area contributed by atoms with E-state index in [0.717, 1.165) is 49.3 Å². The van der Waals surface area contributed by atoms with Gasteiger partial charge in [-0.1, -0.05) is 47.1 Å². The highest BCUT2D eigenvalue weighted by Crippen LogP contribution is 2.42. The van der Waals surface area contributed by atoms with Gasteiger partial charge < -0.3 is 10.4 Å². The van der Waals surface area contributed by atoms with Crippen LogP contribution in [0, 0.1) is 0 Å². The van der Waals surface area contributed by atoms with Crippen molar-refractivity contribution in [2.75, 3.05) is 5.32 Å².